The predicted octanol–water partition coefficient (Wildman–Crippen LogP) is 4.48. The molecule has 0 aliphatic heterocycles. The molecule has 0 aliphatic carbocycles. The smallest absolute Gasteiger partial charge is 0.412 e. The van der Waals surface area contributed by atoms with Gasteiger partial charge in [0.1, 0.15) is 5.75 Å². The lowest BCUT2D eigenvalue weighted by Gasteiger charge is -2.09. The van der Waals surface area contributed by atoms with Crippen molar-refractivity contribution in [3.8, 4) is 5.75 Å². The maximum atomic E-state index is 11.7. The Hall–Kier alpha value is -1.82. The number of ether oxygens (including phenoxy) is 2. The summed E-state index contributed by atoms with van der Waals surface area (Å²) in [6.45, 7) is 2.83. The Balaban J connectivity index is 2.26. The molecule has 0 atom stereocenters. The van der Waals surface area contributed by atoms with E-state index in [0.717, 1.165) is 12.8 Å². The number of rotatable bonds is 9. The molecule has 2 N–H and O–H groups in total. The second kappa shape index (κ2) is 11.7. The minimum Gasteiger partial charge on any atom is -0.474 e. The molecule has 0 fully saturated rings. The van der Waals surface area contributed by atoms with Crippen molar-refractivity contribution in [3.63, 3.8) is 0 Å². The summed E-state index contributed by atoms with van der Waals surface area (Å²) in [6.07, 6.45) is 6.68. The molecule has 1 rings (SSSR count). The van der Waals surface area contributed by atoms with Crippen LogP contribution in [0.25, 0.3) is 0 Å². The second-order valence-electron chi connectivity index (χ2n) is 5.23. The van der Waals surface area contributed by atoms with Crippen molar-refractivity contribution in [1.29, 1.82) is 0 Å². The number of anilines is 1. The van der Waals surface area contributed by atoms with Crippen LogP contribution in [0.4, 0.5) is 10.5 Å². The number of benzene rings is 1. The molecule has 0 spiro atoms. The summed E-state index contributed by atoms with van der Waals surface area (Å²) in [7, 11) is 1.49. The summed E-state index contributed by atoms with van der Waals surface area (Å²) in [4.78, 5) is 11.7. The number of nitrogens with one attached hydrogen (secondary N) is 2. The van der Waals surface area contributed by atoms with Gasteiger partial charge in [-0.05, 0) is 30.8 Å². The lowest BCUT2D eigenvalue weighted by Crippen LogP contribution is -2.27. The first-order valence-electron chi connectivity index (χ1n) is 8.06. The van der Waals surface area contributed by atoms with Crippen molar-refractivity contribution in [3.05, 3.63) is 24.3 Å². The van der Waals surface area contributed by atoms with Gasteiger partial charge in [0, 0.05) is 18.3 Å². The van der Waals surface area contributed by atoms with Gasteiger partial charge in [0.25, 0.3) is 5.17 Å². The molecule has 0 radical (unpaired) electrons. The monoisotopic (exact) mass is 338 g/mol. The summed E-state index contributed by atoms with van der Waals surface area (Å²) in [6, 6.07) is 6.99. The average Bonchev–Trinajstić information content (AvgIpc) is 2.54. The Morgan fingerprint density at radius 3 is 2.65 bits per heavy atom. The normalized spacial score (nSPS) is 10.0. The maximum Gasteiger partial charge on any atom is 0.412 e. The minimum absolute atomic E-state index is 0.259. The van der Waals surface area contributed by atoms with Gasteiger partial charge in [0.2, 0.25) is 0 Å². The first-order valence-corrected chi connectivity index (χ1v) is 8.47. The van der Waals surface area contributed by atoms with Crippen molar-refractivity contribution < 1.29 is 14.3 Å². The molecule has 0 heterocycles. The fourth-order valence-corrected chi connectivity index (χ4v) is 2.16. The largest absolute Gasteiger partial charge is 0.474 e. The standard InChI is InChI=1S/C17H26N2O3S/c1-3-4-5-6-7-8-12-18-16(20)22-15-11-9-10-14(13-15)19-17(23)21-2/h9-11,13H,3-8,12H2,1-2H3,(H,18,20)(H,19,23). The molecule has 0 aromatic heterocycles. The van der Waals surface area contributed by atoms with Gasteiger partial charge in [-0.2, -0.15) is 0 Å². The minimum atomic E-state index is -0.440. The number of amides is 1. The highest BCUT2D eigenvalue weighted by atomic mass is 32.1. The summed E-state index contributed by atoms with van der Waals surface area (Å²) in [5.41, 5.74) is 0.707. The maximum absolute atomic E-state index is 11.7. The van der Waals surface area contributed by atoms with Crippen LogP contribution in [-0.4, -0.2) is 24.9 Å². The molecule has 5 nitrogen and oxygen atoms in total. The van der Waals surface area contributed by atoms with E-state index in [0.29, 0.717) is 18.0 Å². The van der Waals surface area contributed by atoms with Gasteiger partial charge in [0.15, 0.2) is 0 Å². The van der Waals surface area contributed by atoms with E-state index in [9.17, 15) is 4.79 Å². The molecular formula is C17H26N2O3S. The molecule has 0 aliphatic rings. The quantitative estimate of drug-likeness (QED) is 0.513. The van der Waals surface area contributed by atoms with Crippen LogP contribution in [0.2, 0.25) is 0 Å². The van der Waals surface area contributed by atoms with Gasteiger partial charge in [-0.25, -0.2) is 4.79 Å². The van der Waals surface area contributed by atoms with Crippen LogP contribution in [0.3, 0.4) is 0 Å². The van der Waals surface area contributed by atoms with E-state index in [1.54, 1.807) is 18.2 Å². The van der Waals surface area contributed by atoms with E-state index in [1.807, 2.05) is 6.07 Å². The van der Waals surface area contributed by atoms with Crippen LogP contribution in [0.5, 0.6) is 5.75 Å². The van der Waals surface area contributed by atoms with Gasteiger partial charge in [-0.1, -0.05) is 45.1 Å². The number of hydrogen-bond donors (Lipinski definition) is 2. The lowest BCUT2D eigenvalue weighted by atomic mass is 10.1. The Bertz CT molecular complexity index is 494. The zero-order valence-corrected chi connectivity index (χ0v) is 14.7. The Morgan fingerprint density at radius 1 is 1.17 bits per heavy atom. The summed E-state index contributed by atoms with van der Waals surface area (Å²) in [5.74, 6) is 0.453. The second-order valence-corrected chi connectivity index (χ2v) is 5.60. The van der Waals surface area contributed by atoms with E-state index >= 15 is 0 Å². The van der Waals surface area contributed by atoms with Crippen molar-refractivity contribution >= 4 is 29.2 Å². The van der Waals surface area contributed by atoms with Crippen molar-refractivity contribution in [1.82, 2.24) is 5.32 Å². The Morgan fingerprint density at radius 2 is 1.91 bits per heavy atom. The summed E-state index contributed by atoms with van der Waals surface area (Å²) >= 11 is 4.92. The number of carbonyl (C=O) groups excluding carboxylic acids is 1. The van der Waals surface area contributed by atoms with E-state index in [2.05, 4.69) is 17.6 Å². The van der Waals surface area contributed by atoms with Gasteiger partial charge in [0.05, 0.1) is 7.11 Å². The fraction of sp³-hybridized carbons (Fsp3) is 0.529. The molecule has 0 bridgehead atoms. The first kappa shape index (κ1) is 19.2. The molecule has 1 amide bonds. The van der Waals surface area contributed by atoms with Gasteiger partial charge >= 0.3 is 6.09 Å². The van der Waals surface area contributed by atoms with E-state index in [1.165, 1.54) is 32.8 Å². The average molecular weight is 338 g/mol. The van der Waals surface area contributed by atoms with Crippen LogP contribution in [0.1, 0.15) is 45.4 Å². The SMILES string of the molecule is CCCCCCCCNC(=O)Oc1cccc(NC(=S)OC)c1. The van der Waals surface area contributed by atoms with Gasteiger partial charge < -0.3 is 20.1 Å². The molecule has 0 saturated carbocycles. The molecule has 23 heavy (non-hydrogen) atoms. The zero-order valence-electron chi connectivity index (χ0n) is 13.9. The molecule has 1 aromatic carbocycles. The molecule has 6 heteroatoms. The van der Waals surface area contributed by atoms with Gasteiger partial charge in [-0.3, -0.25) is 0 Å². The highest BCUT2D eigenvalue weighted by Gasteiger charge is 2.05. The van der Waals surface area contributed by atoms with Crippen molar-refractivity contribution in [2.24, 2.45) is 0 Å². The lowest BCUT2D eigenvalue weighted by molar-refractivity contribution is 0.200. The predicted molar refractivity (Wildman–Crippen MR) is 97.1 cm³/mol. The van der Waals surface area contributed by atoms with Crippen LogP contribution in [0, 0.1) is 0 Å². The molecule has 0 unspecified atom stereocenters. The first-order chi connectivity index (χ1) is 11.2. The summed E-state index contributed by atoms with van der Waals surface area (Å²) < 4.78 is 10.1. The van der Waals surface area contributed by atoms with Gasteiger partial charge in [-0.15, -0.1) is 0 Å². The third-order valence-corrected chi connectivity index (χ3v) is 3.54. The van der Waals surface area contributed by atoms with Crippen LogP contribution in [0.15, 0.2) is 24.3 Å². The number of thiocarbonyl (C=S) groups is 1. The number of hydrogen-bond acceptors (Lipinski definition) is 4. The van der Waals surface area contributed by atoms with Crippen LogP contribution >= 0.6 is 12.2 Å². The van der Waals surface area contributed by atoms with Crippen LogP contribution < -0.4 is 15.4 Å². The van der Waals surface area contributed by atoms with E-state index in [-0.39, 0.29) is 5.17 Å². The summed E-state index contributed by atoms with van der Waals surface area (Å²) in [5, 5.41) is 5.90. The van der Waals surface area contributed by atoms with E-state index < -0.39 is 6.09 Å². The van der Waals surface area contributed by atoms with Crippen molar-refractivity contribution in [2.45, 2.75) is 45.4 Å². The highest BCUT2D eigenvalue weighted by molar-refractivity contribution is 7.80. The highest BCUT2D eigenvalue weighted by Crippen LogP contribution is 2.17. The third kappa shape index (κ3) is 9.03. The molecule has 128 valence electrons. The molecule has 1 aromatic rings. The number of unbranched alkanes of at least 4 members (excludes halogenated alkanes) is 5. The van der Waals surface area contributed by atoms with Crippen molar-refractivity contribution in [2.75, 3.05) is 19.0 Å². The van der Waals surface area contributed by atoms with Crippen LogP contribution in [-0.2, 0) is 4.74 Å². The molecule has 0 saturated heterocycles. The Kier molecular flexibility index (Phi) is 9.79. The molecular weight excluding hydrogens is 312 g/mol. The fourth-order valence-electron chi connectivity index (χ4n) is 2.05. The van der Waals surface area contributed by atoms with E-state index in [4.69, 9.17) is 21.7 Å². The number of carbonyl (C=O) groups is 1. The topological polar surface area (TPSA) is 59.6 Å². The zero-order chi connectivity index (χ0) is 16.9. The Labute approximate surface area is 143 Å². The third-order valence-electron chi connectivity index (χ3n) is 3.28. The number of methoxy groups -OCH3 is 1.